The van der Waals surface area contributed by atoms with E-state index in [1.165, 1.54) is 6.07 Å². The molecule has 0 amide bonds. The van der Waals surface area contributed by atoms with Gasteiger partial charge in [-0.2, -0.15) is 0 Å². The number of non-ortho nitro benzene ring substituents is 1. The topological polar surface area (TPSA) is 113 Å². The van der Waals surface area contributed by atoms with Gasteiger partial charge in [0.05, 0.1) is 15.8 Å². The number of carboxylic acid groups (broad SMARTS) is 1. The first-order valence-corrected chi connectivity index (χ1v) is 4.95. The molecule has 2 rings (SSSR count). The molecule has 1 aromatic carbocycles. The zero-order chi connectivity index (χ0) is 13.4. The first-order chi connectivity index (χ1) is 8.41. The molecule has 0 spiro atoms. The molecule has 1 aromatic heterocycles. The third-order valence-electron chi connectivity index (χ3n) is 2.61. The smallest absolute Gasteiger partial charge is 0.341 e. The van der Waals surface area contributed by atoms with Crippen LogP contribution in [0.4, 0.5) is 5.69 Å². The molecule has 0 unspecified atom stereocenters. The van der Waals surface area contributed by atoms with Crippen molar-refractivity contribution in [3.63, 3.8) is 0 Å². The number of carbonyl (C=O) groups is 1. The van der Waals surface area contributed by atoms with E-state index in [9.17, 15) is 19.7 Å². The van der Waals surface area contributed by atoms with Gasteiger partial charge in [0.2, 0.25) is 5.43 Å². The summed E-state index contributed by atoms with van der Waals surface area (Å²) in [4.78, 5) is 35.4. The Morgan fingerprint density at radius 1 is 1.44 bits per heavy atom. The Hall–Kier alpha value is -2.70. The molecule has 0 fully saturated rings. The fraction of sp³-hybridized carbons (Fsp3) is 0.0909. The molecule has 92 valence electrons. The van der Waals surface area contributed by atoms with Crippen LogP contribution in [0.1, 0.15) is 15.9 Å². The van der Waals surface area contributed by atoms with Crippen molar-refractivity contribution in [2.75, 3.05) is 0 Å². The van der Waals surface area contributed by atoms with Crippen LogP contribution in [0, 0.1) is 17.0 Å². The van der Waals surface area contributed by atoms with Crippen LogP contribution < -0.4 is 5.43 Å². The van der Waals surface area contributed by atoms with E-state index in [4.69, 9.17) is 5.11 Å². The molecule has 0 aliphatic rings. The minimum atomic E-state index is -1.37. The van der Waals surface area contributed by atoms with Gasteiger partial charge in [0, 0.05) is 18.3 Å². The predicted octanol–water partition coefficient (Wildman–Crippen LogP) is 1.44. The van der Waals surface area contributed by atoms with Crippen LogP contribution >= 0.6 is 0 Å². The van der Waals surface area contributed by atoms with Crippen molar-refractivity contribution >= 4 is 22.6 Å². The lowest BCUT2D eigenvalue weighted by Crippen LogP contribution is -2.15. The van der Waals surface area contributed by atoms with E-state index in [1.54, 1.807) is 6.92 Å². The number of nitro groups is 1. The summed E-state index contributed by atoms with van der Waals surface area (Å²) in [6.07, 6.45) is 1.09. The number of benzene rings is 1. The highest BCUT2D eigenvalue weighted by Crippen LogP contribution is 2.21. The van der Waals surface area contributed by atoms with Crippen LogP contribution in [-0.2, 0) is 0 Å². The number of carboxylic acids is 1. The SMILES string of the molecule is Cc1cc([N+](=O)[O-])cc2c(=O)c(C(=O)O)c[nH]c12. The van der Waals surface area contributed by atoms with Gasteiger partial charge in [-0.15, -0.1) is 0 Å². The number of rotatable bonds is 2. The lowest BCUT2D eigenvalue weighted by atomic mass is 10.1. The van der Waals surface area contributed by atoms with Crippen LogP contribution in [-0.4, -0.2) is 21.0 Å². The lowest BCUT2D eigenvalue weighted by Gasteiger charge is -2.03. The minimum absolute atomic E-state index is 0.00148. The third-order valence-corrected chi connectivity index (χ3v) is 2.61. The summed E-state index contributed by atoms with van der Waals surface area (Å²) in [5, 5.41) is 19.5. The van der Waals surface area contributed by atoms with Crippen molar-refractivity contribution in [2.45, 2.75) is 6.92 Å². The molecule has 2 N–H and O–H groups in total. The summed E-state index contributed by atoms with van der Waals surface area (Å²) in [7, 11) is 0. The van der Waals surface area contributed by atoms with Crippen molar-refractivity contribution in [1.82, 2.24) is 4.98 Å². The molecule has 2 aromatic rings. The molecule has 7 nitrogen and oxygen atoms in total. The quantitative estimate of drug-likeness (QED) is 0.616. The molecule has 0 aliphatic heterocycles. The highest BCUT2D eigenvalue weighted by atomic mass is 16.6. The predicted molar refractivity (Wildman–Crippen MR) is 62.9 cm³/mol. The van der Waals surface area contributed by atoms with Crippen molar-refractivity contribution in [3.8, 4) is 0 Å². The minimum Gasteiger partial charge on any atom is -0.477 e. The van der Waals surface area contributed by atoms with E-state index in [0.717, 1.165) is 12.3 Å². The fourth-order valence-corrected chi connectivity index (χ4v) is 1.76. The number of hydrogen-bond acceptors (Lipinski definition) is 4. The summed E-state index contributed by atoms with van der Waals surface area (Å²) >= 11 is 0. The number of aryl methyl sites for hydroxylation is 1. The Kier molecular flexibility index (Phi) is 2.59. The van der Waals surface area contributed by atoms with Crippen LogP contribution in [0.5, 0.6) is 0 Å². The van der Waals surface area contributed by atoms with Crippen molar-refractivity contribution in [2.24, 2.45) is 0 Å². The molecule has 0 atom stereocenters. The van der Waals surface area contributed by atoms with Gasteiger partial charge >= 0.3 is 5.97 Å². The highest BCUT2D eigenvalue weighted by Gasteiger charge is 2.16. The number of hydrogen-bond donors (Lipinski definition) is 2. The van der Waals surface area contributed by atoms with E-state index in [-0.39, 0.29) is 11.1 Å². The Balaban J connectivity index is 2.91. The summed E-state index contributed by atoms with van der Waals surface area (Å²) in [5.41, 5.74) is -0.512. The normalized spacial score (nSPS) is 10.5. The summed E-state index contributed by atoms with van der Waals surface area (Å²) < 4.78 is 0. The lowest BCUT2D eigenvalue weighted by molar-refractivity contribution is -0.384. The van der Waals surface area contributed by atoms with E-state index in [0.29, 0.717) is 11.1 Å². The molecular weight excluding hydrogens is 240 g/mol. The van der Waals surface area contributed by atoms with Gasteiger partial charge in [-0.1, -0.05) is 0 Å². The Labute approximate surface area is 99.8 Å². The third kappa shape index (κ3) is 1.71. The highest BCUT2D eigenvalue weighted by molar-refractivity contribution is 5.93. The number of nitro benzene ring substituents is 1. The maximum Gasteiger partial charge on any atom is 0.341 e. The van der Waals surface area contributed by atoms with Crippen molar-refractivity contribution in [1.29, 1.82) is 0 Å². The number of fused-ring (bicyclic) bond motifs is 1. The van der Waals surface area contributed by atoms with Crippen LogP contribution in [0.15, 0.2) is 23.1 Å². The number of aromatic nitrogens is 1. The maximum atomic E-state index is 11.9. The molecule has 0 bridgehead atoms. The summed E-state index contributed by atoms with van der Waals surface area (Å²) in [6, 6.07) is 2.40. The largest absolute Gasteiger partial charge is 0.477 e. The van der Waals surface area contributed by atoms with Gasteiger partial charge in [0.15, 0.2) is 0 Å². The average Bonchev–Trinajstić information content (AvgIpc) is 2.29. The molecule has 0 saturated heterocycles. The number of H-pyrrole nitrogens is 1. The second-order valence-electron chi connectivity index (χ2n) is 3.78. The average molecular weight is 248 g/mol. The van der Waals surface area contributed by atoms with Crippen LogP contribution in [0.2, 0.25) is 0 Å². The molecule has 0 aliphatic carbocycles. The van der Waals surface area contributed by atoms with Crippen molar-refractivity contribution < 1.29 is 14.8 Å². The number of aromatic amines is 1. The number of nitrogens with one attached hydrogen (secondary N) is 1. The Morgan fingerprint density at radius 3 is 2.67 bits per heavy atom. The molecule has 1 heterocycles. The maximum absolute atomic E-state index is 11.9. The number of aromatic carboxylic acids is 1. The summed E-state index contributed by atoms with van der Waals surface area (Å²) in [6.45, 7) is 1.60. The van der Waals surface area contributed by atoms with E-state index in [1.807, 2.05) is 0 Å². The molecule has 0 radical (unpaired) electrons. The first kappa shape index (κ1) is 11.8. The van der Waals surface area contributed by atoms with Gasteiger partial charge in [-0.05, 0) is 12.5 Å². The van der Waals surface area contributed by atoms with Crippen LogP contribution in [0.3, 0.4) is 0 Å². The zero-order valence-electron chi connectivity index (χ0n) is 9.26. The number of pyridine rings is 1. The second-order valence-corrected chi connectivity index (χ2v) is 3.78. The van der Waals surface area contributed by atoms with Gasteiger partial charge in [0.1, 0.15) is 5.56 Å². The van der Waals surface area contributed by atoms with Gasteiger partial charge in [0.25, 0.3) is 5.69 Å². The Bertz CT molecular complexity index is 732. The van der Waals surface area contributed by atoms with Crippen molar-refractivity contribution in [3.05, 3.63) is 49.8 Å². The van der Waals surface area contributed by atoms with Gasteiger partial charge in [-0.3, -0.25) is 14.9 Å². The molecule has 0 saturated carbocycles. The van der Waals surface area contributed by atoms with Crippen LogP contribution in [0.25, 0.3) is 10.9 Å². The zero-order valence-corrected chi connectivity index (χ0v) is 9.26. The van der Waals surface area contributed by atoms with E-state index in [2.05, 4.69) is 4.98 Å². The monoisotopic (exact) mass is 248 g/mol. The van der Waals surface area contributed by atoms with Gasteiger partial charge < -0.3 is 10.1 Å². The number of nitrogens with zero attached hydrogens (tertiary/aromatic N) is 1. The van der Waals surface area contributed by atoms with E-state index >= 15 is 0 Å². The second kappa shape index (κ2) is 3.95. The fourth-order valence-electron chi connectivity index (χ4n) is 1.76. The molecular formula is C11H8N2O5. The van der Waals surface area contributed by atoms with E-state index < -0.39 is 21.9 Å². The first-order valence-electron chi connectivity index (χ1n) is 4.95. The molecule has 7 heteroatoms. The molecule has 18 heavy (non-hydrogen) atoms. The Morgan fingerprint density at radius 2 is 2.11 bits per heavy atom. The standard InChI is InChI=1S/C11H8N2O5/c1-5-2-6(13(17)18)3-7-9(5)12-4-8(10(7)14)11(15)16/h2-4H,1H3,(H,12,14)(H,15,16). The van der Waals surface area contributed by atoms with Gasteiger partial charge in [-0.25, -0.2) is 4.79 Å². The summed E-state index contributed by atoms with van der Waals surface area (Å²) in [5.74, 6) is -1.37.